The van der Waals surface area contributed by atoms with Gasteiger partial charge in [0.1, 0.15) is 0 Å². The first-order valence-corrected chi connectivity index (χ1v) is 8.71. The SMILES string of the molecule is O=C(c1cc2n(n1)CCCC2)N(C[C@@H]1CCCO1)c1ccncc1. The molecule has 0 unspecified atom stereocenters. The van der Waals surface area contributed by atoms with Crippen molar-refractivity contribution in [1.82, 2.24) is 14.8 Å². The number of anilines is 1. The summed E-state index contributed by atoms with van der Waals surface area (Å²) in [6.45, 7) is 2.25. The minimum atomic E-state index is -0.0569. The van der Waals surface area contributed by atoms with E-state index in [1.54, 1.807) is 17.3 Å². The number of rotatable bonds is 4. The number of hydrogen-bond acceptors (Lipinski definition) is 4. The molecule has 1 atom stereocenters. The molecule has 2 aliphatic rings. The molecule has 0 saturated carbocycles. The van der Waals surface area contributed by atoms with Crippen molar-refractivity contribution in [3.8, 4) is 0 Å². The monoisotopic (exact) mass is 326 g/mol. The van der Waals surface area contributed by atoms with Crippen LogP contribution in [0.4, 0.5) is 5.69 Å². The lowest BCUT2D eigenvalue weighted by molar-refractivity contribution is 0.0912. The summed E-state index contributed by atoms with van der Waals surface area (Å²) in [6.07, 6.45) is 8.87. The Hall–Kier alpha value is -2.21. The van der Waals surface area contributed by atoms with Gasteiger partial charge in [0.15, 0.2) is 5.69 Å². The molecule has 1 saturated heterocycles. The van der Waals surface area contributed by atoms with Gasteiger partial charge in [0.2, 0.25) is 0 Å². The zero-order valence-corrected chi connectivity index (χ0v) is 13.7. The first-order valence-electron chi connectivity index (χ1n) is 8.71. The third kappa shape index (κ3) is 3.06. The standard InChI is InChI=1S/C18H22N4O2/c23-18(17-12-15-4-1-2-10-22(15)20-17)21(13-16-5-3-11-24-16)14-6-8-19-9-7-14/h6-9,12,16H,1-5,10-11,13H2/t16-/m0/s1. The highest BCUT2D eigenvalue weighted by Gasteiger charge is 2.27. The van der Waals surface area contributed by atoms with E-state index >= 15 is 0 Å². The Balaban J connectivity index is 1.61. The van der Waals surface area contributed by atoms with Gasteiger partial charge in [0.25, 0.3) is 5.91 Å². The molecule has 4 rings (SSSR count). The lowest BCUT2D eigenvalue weighted by atomic mass is 10.1. The fourth-order valence-electron chi connectivity index (χ4n) is 3.48. The molecule has 0 aromatic carbocycles. The van der Waals surface area contributed by atoms with Crippen LogP contribution in [-0.4, -0.2) is 39.9 Å². The number of carbonyl (C=O) groups is 1. The number of nitrogens with zero attached hydrogens (tertiary/aromatic N) is 4. The highest BCUT2D eigenvalue weighted by Crippen LogP contribution is 2.22. The summed E-state index contributed by atoms with van der Waals surface area (Å²) in [6, 6.07) is 5.68. The van der Waals surface area contributed by atoms with Crippen molar-refractivity contribution in [2.24, 2.45) is 0 Å². The molecule has 2 aromatic rings. The second-order valence-electron chi connectivity index (χ2n) is 6.46. The summed E-state index contributed by atoms with van der Waals surface area (Å²) >= 11 is 0. The molecule has 2 aliphatic heterocycles. The summed E-state index contributed by atoms with van der Waals surface area (Å²) in [4.78, 5) is 19.0. The minimum Gasteiger partial charge on any atom is -0.376 e. The number of fused-ring (bicyclic) bond motifs is 1. The zero-order chi connectivity index (χ0) is 16.4. The fourth-order valence-corrected chi connectivity index (χ4v) is 3.48. The van der Waals surface area contributed by atoms with E-state index in [1.165, 1.54) is 6.42 Å². The van der Waals surface area contributed by atoms with Crippen LogP contribution >= 0.6 is 0 Å². The van der Waals surface area contributed by atoms with E-state index in [9.17, 15) is 4.79 Å². The fraction of sp³-hybridized carbons (Fsp3) is 0.500. The average molecular weight is 326 g/mol. The van der Waals surface area contributed by atoms with Crippen molar-refractivity contribution in [2.75, 3.05) is 18.1 Å². The molecule has 2 aromatic heterocycles. The second-order valence-corrected chi connectivity index (χ2v) is 6.46. The Morgan fingerprint density at radius 1 is 1.29 bits per heavy atom. The van der Waals surface area contributed by atoms with Gasteiger partial charge in [-0.2, -0.15) is 5.10 Å². The summed E-state index contributed by atoms with van der Waals surface area (Å²) in [5, 5.41) is 4.54. The number of amides is 1. The van der Waals surface area contributed by atoms with E-state index in [0.29, 0.717) is 12.2 Å². The van der Waals surface area contributed by atoms with Gasteiger partial charge in [-0.3, -0.25) is 14.5 Å². The van der Waals surface area contributed by atoms with Gasteiger partial charge in [-0.05, 0) is 50.3 Å². The van der Waals surface area contributed by atoms with Gasteiger partial charge < -0.3 is 9.64 Å². The first kappa shape index (κ1) is 15.3. The summed E-state index contributed by atoms with van der Waals surface area (Å²) in [5.74, 6) is -0.0569. The Labute approximate surface area is 141 Å². The van der Waals surface area contributed by atoms with Crippen molar-refractivity contribution in [2.45, 2.75) is 44.8 Å². The largest absolute Gasteiger partial charge is 0.376 e. The average Bonchev–Trinajstić information content (AvgIpc) is 3.29. The van der Waals surface area contributed by atoms with Crippen LogP contribution in [0, 0.1) is 0 Å². The van der Waals surface area contributed by atoms with Gasteiger partial charge in [-0.1, -0.05) is 0 Å². The van der Waals surface area contributed by atoms with Gasteiger partial charge in [-0.15, -0.1) is 0 Å². The van der Waals surface area contributed by atoms with Gasteiger partial charge in [0, 0.05) is 36.9 Å². The van der Waals surface area contributed by atoms with Crippen molar-refractivity contribution in [1.29, 1.82) is 0 Å². The number of carbonyl (C=O) groups excluding carboxylic acids is 1. The van der Waals surface area contributed by atoms with Crippen LogP contribution in [0.5, 0.6) is 0 Å². The molecule has 0 aliphatic carbocycles. The molecule has 126 valence electrons. The number of aryl methyl sites for hydroxylation is 2. The Kier molecular flexibility index (Phi) is 4.30. The molecule has 6 nitrogen and oxygen atoms in total. The lowest BCUT2D eigenvalue weighted by Crippen LogP contribution is -2.37. The topological polar surface area (TPSA) is 60.2 Å². The van der Waals surface area contributed by atoms with Gasteiger partial charge in [-0.25, -0.2) is 0 Å². The van der Waals surface area contributed by atoms with Crippen LogP contribution in [0.1, 0.15) is 41.9 Å². The molecule has 1 fully saturated rings. The maximum absolute atomic E-state index is 13.1. The third-order valence-electron chi connectivity index (χ3n) is 4.77. The van der Waals surface area contributed by atoms with Crippen molar-refractivity contribution >= 4 is 11.6 Å². The molecule has 1 amide bonds. The lowest BCUT2D eigenvalue weighted by Gasteiger charge is -2.24. The summed E-state index contributed by atoms with van der Waals surface area (Å²) in [5.41, 5.74) is 2.54. The quantitative estimate of drug-likeness (QED) is 0.866. The van der Waals surface area contributed by atoms with Crippen LogP contribution in [0.15, 0.2) is 30.6 Å². The number of aromatic nitrogens is 3. The second kappa shape index (κ2) is 6.73. The van der Waals surface area contributed by atoms with Crippen LogP contribution in [0.3, 0.4) is 0 Å². The molecule has 0 bridgehead atoms. The minimum absolute atomic E-state index is 0.0569. The number of hydrogen-bond donors (Lipinski definition) is 0. The van der Waals surface area contributed by atoms with Crippen LogP contribution in [-0.2, 0) is 17.7 Å². The molecule has 4 heterocycles. The smallest absolute Gasteiger partial charge is 0.278 e. The van der Waals surface area contributed by atoms with E-state index in [1.807, 2.05) is 22.9 Å². The number of pyridine rings is 1. The van der Waals surface area contributed by atoms with Crippen molar-refractivity contribution in [3.63, 3.8) is 0 Å². The van der Waals surface area contributed by atoms with E-state index in [0.717, 1.165) is 50.2 Å². The predicted molar refractivity (Wildman–Crippen MR) is 90.1 cm³/mol. The first-order chi connectivity index (χ1) is 11.8. The van der Waals surface area contributed by atoms with E-state index < -0.39 is 0 Å². The summed E-state index contributed by atoms with van der Waals surface area (Å²) < 4.78 is 7.72. The van der Waals surface area contributed by atoms with Crippen LogP contribution < -0.4 is 4.90 Å². The maximum atomic E-state index is 13.1. The molecular formula is C18H22N4O2. The van der Waals surface area contributed by atoms with Gasteiger partial charge in [0.05, 0.1) is 12.6 Å². The summed E-state index contributed by atoms with van der Waals surface area (Å²) in [7, 11) is 0. The predicted octanol–water partition coefficient (Wildman–Crippen LogP) is 2.44. The third-order valence-corrected chi connectivity index (χ3v) is 4.77. The van der Waals surface area contributed by atoms with E-state index in [-0.39, 0.29) is 12.0 Å². The highest BCUT2D eigenvalue weighted by atomic mass is 16.5. The molecule has 24 heavy (non-hydrogen) atoms. The highest BCUT2D eigenvalue weighted by molar-refractivity contribution is 6.04. The Bertz CT molecular complexity index is 684. The molecule has 0 N–H and O–H groups in total. The van der Waals surface area contributed by atoms with Gasteiger partial charge >= 0.3 is 0 Å². The Morgan fingerprint density at radius 3 is 2.92 bits per heavy atom. The van der Waals surface area contributed by atoms with Crippen molar-refractivity contribution in [3.05, 3.63) is 42.0 Å². The number of ether oxygens (including phenoxy) is 1. The van der Waals surface area contributed by atoms with Crippen LogP contribution in [0.25, 0.3) is 0 Å². The molecular weight excluding hydrogens is 304 g/mol. The molecule has 6 heteroatoms. The molecule has 0 spiro atoms. The van der Waals surface area contributed by atoms with E-state index in [2.05, 4.69) is 10.1 Å². The Morgan fingerprint density at radius 2 is 2.17 bits per heavy atom. The van der Waals surface area contributed by atoms with E-state index in [4.69, 9.17) is 4.74 Å². The van der Waals surface area contributed by atoms with Crippen LogP contribution in [0.2, 0.25) is 0 Å². The van der Waals surface area contributed by atoms with Crippen molar-refractivity contribution < 1.29 is 9.53 Å². The maximum Gasteiger partial charge on any atom is 0.278 e. The molecule has 0 radical (unpaired) electrons. The normalized spacial score (nSPS) is 19.9. The zero-order valence-electron chi connectivity index (χ0n) is 13.7.